The van der Waals surface area contributed by atoms with Crippen molar-refractivity contribution in [3.05, 3.63) is 36.1 Å². The van der Waals surface area contributed by atoms with Crippen molar-refractivity contribution in [3.63, 3.8) is 0 Å². The summed E-state index contributed by atoms with van der Waals surface area (Å²) in [6.45, 7) is 3.41. The highest BCUT2D eigenvalue weighted by atomic mass is 16.5. The molecule has 0 amide bonds. The maximum absolute atomic E-state index is 12.3. The molecule has 1 unspecified atom stereocenters. The standard InChI is InChI=1S/C18H16N2O5/c1-3-24-17(22)14-9-13(16-15(21)8-10(2)25-18(16)23)19-11-6-4-5-7-12(11)20-14/h4-8,16H,3,9H2,1-2H3. The smallest absolute Gasteiger partial charge is 0.353 e. The van der Waals surface area contributed by atoms with E-state index in [1.165, 1.54) is 13.0 Å². The van der Waals surface area contributed by atoms with Crippen molar-refractivity contribution >= 4 is 40.5 Å². The van der Waals surface area contributed by atoms with Gasteiger partial charge in [-0.05, 0) is 26.0 Å². The summed E-state index contributed by atoms with van der Waals surface area (Å²) < 4.78 is 10.1. The lowest BCUT2D eigenvalue weighted by molar-refractivity contribution is -0.146. The number of cyclic esters (lactones) is 1. The van der Waals surface area contributed by atoms with Crippen LogP contribution >= 0.6 is 0 Å². The van der Waals surface area contributed by atoms with Crippen LogP contribution in [0.4, 0.5) is 11.4 Å². The summed E-state index contributed by atoms with van der Waals surface area (Å²) in [5.41, 5.74) is 1.26. The molecule has 25 heavy (non-hydrogen) atoms. The molecule has 0 bridgehead atoms. The predicted octanol–water partition coefficient (Wildman–Crippen LogP) is 2.44. The number of carbonyl (C=O) groups is 3. The molecular formula is C18H16N2O5. The number of carbonyl (C=O) groups excluding carboxylic acids is 3. The largest absolute Gasteiger partial charge is 0.461 e. The maximum Gasteiger partial charge on any atom is 0.353 e. The third-order valence-corrected chi connectivity index (χ3v) is 3.72. The Labute approximate surface area is 144 Å². The summed E-state index contributed by atoms with van der Waals surface area (Å²) in [5.74, 6) is -2.67. The molecule has 0 radical (unpaired) electrons. The number of allylic oxidation sites excluding steroid dienone is 2. The van der Waals surface area contributed by atoms with Gasteiger partial charge in [0, 0.05) is 18.2 Å². The molecule has 2 aliphatic heterocycles. The number of hydrogen-bond donors (Lipinski definition) is 0. The first kappa shape index (κ1) is 16.8. The van der Waals surface area contributed by atoms with Crippen LogP contribution in [0.1, 0.15) is 20.3 Å². The van der Waals surface area contributed by atoms with E-state index in [4.69, 9.17) is 9.47 Å². The fraction of sp³-hybridized carbons (Fsp3) is 0.278. The molecule has 1 aromatic rings. The number of fused-ring (bicyclic) bond motifs is 1. The first-order chi connectivity index (χ1) is 12.0. The number of rotatable bonds is 3. The van der Waals surface area contributed by atoms with Gasteiger partial charge in [-0.15, -0.1) is 0 Å². The van der Waals surface area contributed by atoms with Crippen molar-refractivity contribution in [2.24, 2.45) is 15.9 Å². The third-order valence-electron chi connectivity index (χ3n) is 3.72. The number of esters is 2. The number of ether oxygens (including phenoxy) is 2. The molecular weight excluding hydrogens is 324 g/mol. The molecule has 0 aromatic heterocycles. The Morgan fingerprint density at radius 1 is 1.24 bits per heavy atom. The van der Waals surface area contributed by atoms with Gasteiger partial charge in [-0.1, -0.05) is 12.1 Å². The van der Waals surface area contributed by atoms with Gasteiger partial charge in [0.25, 0.3) is 0 Å². The fourth-order valence-electron chi connectivity index (χ4n) is 2.65. The molecule has 128 valence electrons. The summed E-state index contributed by atoms with van der Waals surface area (Å²) in [6, 6.07) is 6.92. The molecule has 7 nitrogen and oxygen atoms in total. The van der Waals surface area contributed by atoms with Crippen LogP contribution in [0.3, 0.4) is 0 Å². The minimum Gasteiger partial charge on any atom is -0.461 e. The summed E-state index contributed by atoms with van der Waals surface area (Å²) >= 11 is 0. The van der Waals surface area contributed by atoms with E-state index in [9.17, 15) is 14.4 Å². The van der Waals surface area contributed by atoms with E-state index in [0.717, 1.165) is 0 Å². The minimum absolute atomic E-state index is 0.0636. The lowest BCUT2D eigenvalue weighted by atomic mass is 9.92. The van der Waals surface area contributed by atoms with E-state index in [1.54, 1.807) is 31.2 Å². The summed E-state index contributed by atoms with van der Waals surface area (Å²) in [4.78, 5) is 45.5. The molecule has 0 saturated carbocycles. The zero-order valence-electron chi connectivity index (χ0n) is 13.8. The van der Waals surface area contributed by atoms with E-state index in [1.807, 2.05) is 0 Å². The third kappa shape index (κ3) is 3.40. The molecule has 7 heteroatoms. The van der Waals surface area contributed by atoms with Crippen LogP contribution in [0.5, 0.6) is 0 Å². The molecule has 2 aliphatic rings. The van der Waals surface area contributed by atoms with Gasteiger partial charge in [-0.2, -0.15) is 0 Å². The van der Waals surface area contributed by atoms with Crippen molar-refractivity contribution in [2.45, 2.75) is 20.3 Å². The van der Waals surface area contributed by atoms with E-state index in [0.29, 0.717) is 11.4 Å². The number of ketones is 1. The molecule has 2 heterocycles. The Morgan fingerprint density at radius 3 is 2.56 bits per heavy atom. The summed E-state index contributed by atoms with van der Waals surface area (Å²) in [5, 5.41) is 0. The first-order valence-electron chi connectivity index (χ1n) is 7.84. The Morgan fingerprint density at radius 2 is 1.92 bits per heavy atom. The fourth-order valence-corrected chi connectivity index (χ4v) is 2.65. The van der Waals surface area contributed by atoms with Crippen LogP contribution in [-0.2, 0) is 23.9 Å². The van der Waals surface area contributed by atoms with Crippen molar-refractivity contribution in [1.29, 1.82) is 0 Å². The number of benzene rings is 1. The van der Waals surface area contributed by atoms with Gasteiger partial charge in [0.15, 0.2) is 11.7 Å². The molecule has 1 aromatic carbocycles. The zero-order chi connectivity index (χ0) is 18.0. The SMILES string of the molecule is CCOC(=O)C1=Nc2ccccc2N=C(C2C(=O)C=C(C)OC2=O)C1. The van der Waals surface area contributed by atoms with Crippen molar-refractivity contribution in [2.75, 3.05) is 6.61 Å². The van der Waals surface area contributed by atoms with Gasteiger partial charge in [-0.25, -0.2) is 9.79 Å². The maximum atomic E-state index is 12.3. The van der Waals surface area contributed by atoms with E-state index >= 15 is 0 Å². The molecule has 3 rings (SSSR count). The number of aliphatic imine (C=N–C) groups is 2. The average Bonchev–Trinajstić information content (AvgIpc) is 2.73. The van der Waals surface area contributed by atoms with Gasteiger partial charge in [0.1, 0.15) is 11.5 Å². The quantitative estimate of drug-likeness (QED) is 0.622. The van der Waals surface area contributed by atoms with Crippen LogP contribution in [-0.4, -0.2) is 35.8 Å². The van der Waals surface area contributed by atoms with E-state index < -0.39 is 23.6 Å². The first-order valence-corrected chi connectivity index (χ1v) is 7.84. The van der Waals surface area contributed by atoms with Crippen molar-refractivity contribution in [3.8, 4) is 0 Å². The van der Waals surface area contributed by atoms with Crippen LogP contribution in [0.25, 0.3) is 0 Å². The normalized spacial score (nSPS) is 19.8. The topological polar surface area (TPSA) is 94.4 Å². The van der Waals surface area contributed by atoms with Gasteiger partial charge >= 0.3 is 11.9 Å². The Hall–Kier alpha value is -3.09. The molecule has 0 aliphatic carbocycles. The van der Waals surface area contributed by atoms with E-state index in [-0.39, 0.29) is 30.2 Å². The molecule has 0 fully saturated rings. The van der Waals surface area contributed by atoms with Gasteiger partial charge < -0.3 is 9.47 Å². The van der Waals surface area contributed by atoms with Crippen LogP contribution in [0.15, 0.2) is 46.1 Å². The van der Waals surface area contributed by atoms with Crippen LogP contribution in [0.2, 0.25) is 0 Å². The lowest BCUT2D eigenvalue weighted by Gasteiger charge is -2.19. The van der Waals surface area contributed by atoms with Gasteiger partial charge in [0.2, 0.25) is 0 Å². The second-order valence-electron chi connectivity index (χ2n) is 5.56. The molecule has 1 atom stereocenters. The number of hydrogen-bond acceptors (Lipinski definition) is 7. The highest BCUT2D eigenvalue weighted by molar-refractivity contribution is 6.43. The monoisotopic (exact) mass is 340 g/mol. The number of para-hydroxylation sites is 2. The second kappa shape index (κ2) is 6.80. The number of nitrogens with zero attached hydrogens (tertiary/aromatic N) is 2. The van der Waals surface area contributed by atoms with Gasteiger partial charge in [-0.3, -0.25) is 14.6 Å². The van der Waals surface area contributed by atoms with Gasteiger partial charge in [0.05, 0.1) is 18.0 Å². The van der Waals surface area contributed by atoms with Crippen molar-refractivity contribution in [1.82, 2.24) is 0 Å². The average molecular weight is 340 g/mol. The van der Waals surface area contributed by atoms with Crippen LogP contribution in [0, 0.1) is 5.92 Å². The highest BCUT2D eigenvalue weighted by Gasteiger charge is 2.38. The molecule has 0 N–H and O–H groups in total. The molecule has 0 saturated heterocycles. The Kier molecular flexibility index (Phi) is 4.56. The predicted molar refractivity (Wildman–Crippen MR) is 90.2 cm³/mol. The summed E-state index contributed by atoms with van der Waals surface area (Å²) in [6.07, 6.45) is 1.19. The second-order valence-corrected chi connectivity index (χ2v) is 5.56. The highest BCUT2D eigenvalue weighted by Crippen LogP contribution is 2.32. The Bertz CT molecular complexity index is 851. The minimum atomic E-state index is -1.19. The van der Waals surface area contributed by atoms with Crippen molar-refractivity contribution < 1.29 is 23.9 Å². The molecule has 0 spiro atoms. The summed E-state index contributed by atoms with van der Waals surface area (Å²) in [7, 11) is 0. The zero-order valence-corrected chi connectivity index (χ0v) is 13.8. The Balaban J connectivity index is 2.07. The van der Waals surface area contributed by atoms with E-state index in [2.05, 4.69) is 9.98 Å². The lowest BCUT2D eigenvalue weighted by Crippen LogP contribution is -2.37. The van der Waals surface area contributed by atoms with Crippen LogP contribution < -0.4 is 0 Å².